The highest BCUT2D eigenvalue weighted by Crippen LogP contribution is 2.65. The van der Waals surface area contributed by atoms with E-state index in [0.717, 1.165) is 49.9 Å². The highest BCUT2D eigenvalue weighted by Gasteiger charge is 2.57. The van der Waals surface area contributed by atoms with E-state index < -0.39 is 17.5 Å². The molecule has 1 aromatic carbocycles. The standard InChI is InChI=1S/C30H35F2N3O/c1-18-16-35(17-33-18)27-9-8-24-22-6-4-19-14-21(34-28(36)23-7-5-20(31)15-26(23)32)10-12-29(19,2)25(22)11-13-30(24,27)3/h4-5,7,9,15-17,21-22,24-25H,6,8,10-14H2,1-3H3,(H,34,36). The molecule has 2 fully saturated rings. The van der Waals surface area contributed by atoms with Crippen molar-refractivity contribution >= 4 is 11.6 Å². The van der Waals surface area contributed by atoms with Gasteiger partial charge in [0.2, 0.25) is 0 Å². The number of fused-ring (bicyclic) bond motifs is 5. The van der Waals surface area contributed by atoms with E-state index in [1.165, 1.54) is 30.2 Å². The molecule has 1 heterocycles. The Morgan fingerprint density at radius 1 is 1.08 bits per heavy atom. The minimum atomic E-state index is -0.812. The minimum Gasteiger partial charge on any atom is -0.349 e. The van der Waals surface area contributed by atoms with Gasteiger partial charge in [0.25, 0.3) is 5.91 Å². The predicted molar refractivity (Wildman–Crippen MR) is 136 cm³/mol. The van der Waals surface area contributed by atoms with Crippen LogP contribution in [-0.2, 0) is 0 Å². The molecule has 6 rings (SSSR count). The van der Waals surface area contributed by atoms with Gasteiger partial charge < -0.3 is 9.88 Å². The second-order valence-electron chi connectivity index (χ2n) is 12.0. The first-order chi connectivity index (χ1) is 17.2. The zero-order chi connectivity index (χ0) is 25.2. The number of amides is 1. The van der Waals surface area contributed by atoms with Gasteiger partial charge in [-0.1, -0.05) is 31.6 Å². The van der Waals surface area contributed by atoms with E-state index in [-0.39, 0.29) is 22.4 Å². The molecule has 0 radical (unpaired) electrons. The first-order valence-corrected chi connectivity index (χ1v) is 13.4. The number of rotatable bonds is 3. The Hall–Kier alpha value is -2.76. The summed E-state index contributed by atoms with van der Waals surface area (Å²) in [4.78, 5) is 17.2. The fraction of sp³-hybridized carbons (Fsp3) is 0.533. The topological polar surface area (TPSA) is 46.9 Å². The van der Waals surface area contributed by atoms with Crippen LogP contribution in [0.4, 0.5) is 8.78 Å². The van der Waals surface area contributed by atoms with E-state index in [0.29, 0.717) is 17.8 Å². The van der Waals surface area contributed by atoms with Crippen molar-refractivity contribution in [1.82, 2.24) is 14.9 Å². The third-order valence-electron chi connectivity index (χ3n) is 10.1. The van der Waals surface area contributed by atoms with Gasteiger partial charge in [0.15, 0.2) is 0 Å². The normalized spacial score (nSPS) is 35.2. The Bertz CT molecular complexity index is 1280. The molecule has 0 saturated heterocycles. The Morgan fingerprint density at radius 2 is 1.89 bits per heavy atom. The molecular weight excluding hydrogens is 456 g/mol. The Morgan fingerprint density at radius 3 is 2.64 bits per heavy atom. The van der Waals surface area contributed by atoms with Gasteiger partial charge in [0.05, 0.1) is 17.6 Å². The molecule has 6 unspecified atom stereocenters. The molecule has 6 atom stereocenters. The van der Waals surface area contributed by atoms with Gasteiger partial charge in [0.1, 0.15) is 11.6 Å². The van der Waals surface area contributed by atoms with Crippen molar-refractivity contribution in [1.29, 1.82) is 0 Å². The lowest BCUT2D eigenvalue weighted by atomic mass is 9.47. The molecular formula is C30H35F2N3O. The fourth-order valence-corrected chi connectivity index (χ4v) is 8.22. The van der Waals surface area contributed by atoms with Gasteiger partial charge in [-0.25, -0.2) is 13.8 Å². The number of carbonyl (C=O) groups is 1. The molecule has 2 aromatic rings. The summed E-state index contributed by atoms with van der Waals surface area (Å²) >= 11 is 0. The zero-order valence-electron chi connectivity index (χ0n) is 21.4. The maximum Gasteiger partial charge on any atom is 0.254 e. The number of aromatic nitrogens is 2. The van der Waals surface area contributed by atoms with Crippen molar-refractivity contribution in [2.75, 3.05) is 0 Å². The van der Waals surface area contributed by atoms with Crippen LogP contribution < -0.4 is 5.32 Å². The van der Waals surface area contributed by atoms with Crippen LogP contribution in [0.25, 0.3) is 5.70 Å². The largest absolute Gasteiger partial charge is 0.349 e. The molecule has 0 bridgehead atoms. The van der Waals surface area contributed by atoms with E-state index in [2.05, 4.69) is 47.1 Å². The van der Waals surface area contributed by atoms with Gasteiger partial charge in [-0.15, -0.1) is 0 Å². The highest BCUT2D eigenvalue weighted by molar-refractivity contribution is 5.94. The smallest absolute Gasteiger partial charge is 0.254 e. The number of aryl methyl sites for hydroxylation is 1. The van der Waals surface area contributed by atoms with Crippen molar-refractivity contribution in [2.45, 2.75) is 71.8 Å². The number of imidazole rings is 1. The molecule has 190 valence electrons. The van der Waals surface area contributed by atoms with Crippen LogP contribution in [0.2, 0.25) is 0 Å². The van der Waals surface area contributed by atoms with Gasteiger partial charge in [-0.3, -0.25) is 4.79 Å². The quantitative estimate of drug-likeness (QED) is 0.487. The number of nitrogens with one attached hydrogen (secondary N) is 1. The van der Waals surface area contributed by atoms with Crippen LogP contribution in [-0.4, -0.2) is 21.5 Å². The van der Waals surface area contributed by atoms with Crippen LogP contribution in [0, 0.1) is 47.1 Å². The molecule has 0 spiro atoms. The van der Waals surface area contributed by atoms with E-state index in [9.17, 15) is 13.6 Å². The van der Waals surface area contributed by atoms with Gasteiger partial charge in [-0.05, 0) is 87.2 Å². The summed E-state index contributed by atoms with van der Waals surface area (Å²) in [5.74, 6) is 0.0150. The number of benzene rings is 1. The Balaban J connectivity index is 1.19. The molecule has 4 aliphatic rings. The number of hydrogen-bond acceptors (Lipinski definition) is 2. The van der Waals surface area contributed by atoms with Gasteiger partial charge in [-0.2, -0.15) is 0 Å². The summed E-state index contributed by atoms with van der Waals surface area (Å²) in [6.45, 7) is 6.95. The van der Waals surface area contributed by atoms with E-state index in [1.807, 2.05) is 13.3 Å². The summed E-state index contributed by atoms with van der Waals surface area (Å²) in [5.41, 5.74) is 4.18. The maximum absolute atomic E-state index is 14.1. The summed E-state index contributed by atoms with van der Waals surface area (Å²) in [7, 11) is 0. The second kappa shape index (κ2) is 8.39. The monoisotopic (exact) mass is 491 g/mol. The second-order valence-corrected chi connectivity index (χ2v) is 12.0. The summed E-state index contributed by atoms with van der Waals surface area (Å²) < 4.78 is 29.6. The van der Waals surface area contributed by atoms with Crippen LogP contribution in [0.5, 0.6) is 0 Å². The fourth-order valence-electron chi connectivity index (χ4n) is 8.22. The van der Waals surface area contributed by atoms with Crippen LogP contribution in [0.15, 0.2) is 48.4 Å². The minimum absolute atomic E-state index is 0.0177. The zero-order valence-corrected chi connectivity index (χ0v) is 21.4. The van der Waals surface area contributed by atoms with Gasteiger partial charge in [0, 0.05) is 29.4 Å². The van der Waals surface area contributed by atoms with Crippen molar-refractivity contribution in [3.63, 3.8) is 0 Å². The maximum atomic E-state index is 14.1. The predicted octanol–water partition coefficient (Wildman–Crippen LogP) is 6.68. The number of halogens is 2. The van der Waals surface area contributed by atoms with Crippen molar-refractivity contribution in [3.8, 4) is 0 Å². The van der Waals surface area contributed by atoms with Gasteiger partial charge >= 0.3 is 0 Å². The van der Waals surface area contributed by atoms with Crippen molar-refractivity contribution in [3.05, 3.63) is 71.3 Å². The first-order valence-electron chi connectivity index (χ1n) is 13.4. The molecule has 1 N–H and O–H groups in total. The van der Waals surface area contributed by atoms with E-state index >= 15 is 0 Å². The third-order valence-corrected chi connectivity index (χ3v) is 10.1. The number of hydrogen-bond donors (Lipinski definition) is 1. The molecule has 36 heavy (non-hydrogen) atoms. The Labute approximate surface area is 211 Å². The average Bonchev–Trinajstić information content (AvgIpc) is 3.41. The summed E-state index contributed by atoms with van der Waals surface area (Å²) in [6, 6.07) is 3.11. The van der Waals surface area contributed by atoms with E-state index in [1.54, 1.807) is 0 Å². The summed E-state index contributed by atoms with van der Waals surface area (Å²) in [6.07, 6.45) is 16.4. The molecule has 4 nitrogen and oxygen atoms in total. The lowest BCUT2D eigenvalue weighted by molar-refractivity contribution is -0.0137. The Kier molecular flexibility index (Phi) is 5.51. The molecule has 2 saturated carbocycles. The number of nitrogens with zero attached hydrogens (tertiary/aromatic N) is 2. The van der Waals surface area contributed by atoms with Crippen LogP contribution >= 0.6 is 0 Å². The molecule has 4 aliphatic carbocycles. The molecule has 0 aliphatic heterocycles. The molecule has 6 heteroatoms. The molecule has 1 amide bonds. The lowest BCUT2D eigenvalue weighted by Crippen LogP contribution is -2.51. The third kappa shape index (κ3) is 3.59. The number of carbonyl (C=O) groups excluding carboxylic acids is 1. The summed E-state index contributed by atoms with van der Waals surface area (Å²) in [5, 5.41) is 3.03. The highest BCUT2D eigenvalue weighted by atomic mass is 19.1. The lowest BCUT2D eigenvalue weighted by Gasteiger charge is -2.58. The average molecular weight is 492 g/mol. The first kappa shape index (κ1) is 23.6. The molecule has 1 aromatic heterocycles. The number of allylic oxidation sites excluding steroid dienone is 3. The van der Waals surface area contributed by atoms with Crippen LogP contribution in [0.1, 0.15) is 74.8 Å². The SMILES string of the molecule is Cc1cn(C2=CCC3C4CC=C5CC(NC(=O)c6ccc(F)cc6F)CCC5(C)C4CCC23C)cn1. The van der Waals surface area contributed by atoms with Crippen LogP contribution in [0.3, 0.4) is 0 Å². The van der Waals surface area contributed by atoms with Crippen molar-refractivity contribution in [2.24, 2.45) is 28.6 Å². The van der Waals surface area contributed by atoms with Crippen molar-refractivity contribution < 1.29 is 13.6 Å². The van der Waals surface area contributed by atoms with E-state index in [4.69, 9.17) is 0 Å².